The normalized spacial score (nSPS) is 18.8. The average Bonchev–Trinajstić information content (AvgIpc) is 2.55. The molecule has 2 aromatic rings. The number of hydrogen-bond donors (Lipinski definition) is 2. The molecule has 4 rings (SSSR count). The third-order valence-corrected chi connectivity index (χ3v) is 5.56. The Bertz CT molecular complexity index is 775. The highest BCUT2D eigenvalue weighted by Crippen LogP contribution is 2.48. The summed E-state index contributed by atoms with van der Waals surface area (Å²) in [5.74, 6) is 1.12. The van der Waals surface area contributed by atoms with Crippen LogP contribution in [0.2, 0.25) is 0 Å². The SMILES string of the molecule is O=c1[nH]c(CS)nc2c1C1(CCCCC1)Cc1ccccc1-2. The molecule has 114 valence electrons. The van der Waals surface area contributed by atoms with E-state index in [1.165, 1.54) is 24.8 Å². The minimum atomic E-state index is -0.0162. The molecule has 0 saturated heterocycles. The minimum absolute atomic E-state index is 0.0162. The lowest BCUT2D eigenvalue weighted by Gasteiger charge is -2.41. The number of thiol groups is 1. The summed E-state index contributed by atoms with van der Waals surface area (Å²) in [5.41, 5.74) is 4.32. The van der Waals surface area contributed by atoms with Gasteiger partial charge in [0.05, 0.1) is 11.3 Å². The smallest absolute Gasteiger partial charge is 0.255 e. The molecule has 1 aromatic heterocycles. The quantitative estimate of drug-likeness (QED) is 0.790. The van der Waals surface area contributed by atoms with E-state index in [0.29, 0.717) is 11.6 Å². The van der Waals surface area contributed by atoms with E-state index < -0.39 is 0 Å². The van der Waals surface area contributed by atoms with Gasteiger partial charge in [0.15, 0.2) is 0 Å². The first-order chi connectivity index (χ1) is 10.7. The summed E-state index contributed by atoms with van der Waals surface area (Å²) in [6.45, 7) is 0. The third-order valence-electron chi connectivity index (χ3n) is 5.26. The van der Waals surface area contributed by atoms with Gasteiger partial charge in [-0.15, -0.1) is 0 Å². The Morgan fingerprint density at radius 1 is 1.18 bits per heavy atom. The number of rotatable bonds is 1. The maximum Gasteiger partial charge on any atom is 0.255 e. The van der Waals surface area contributed by atoms with Crippen LogP contribution in [0.15, 0.2) is 29.1 Å². The number of hydrogen-bond acceptors (Lipinski definition) is 3. The molecule has 2 aliphatic carbocycles. The first-order valence-electron chi connectivity index (χ1n) is 8.06. The molecule has 1 N–H and O–H groups in total. The molecule has 1 spiro atoms. The molecule has 22 heavy (non-hydrogen) atoms. The van der Waals surface area contributed by atoms with Crippen LogP contribution in [-0.2, 0) is 17.6 Å². The van der Waals surface area contributed by atoms with Crippen LogP contribution < -0.4 is 5.56 Å². The lowest BCUT2D eigenvalue weighted by molar-refractivity contribution is 0.285. The van der Waals surface area contributed by atoms with Gasteiger partial charge in [0.1, 0.15) is 5.82 Å². The van der Waals surface area contributed by atoms with Gasteiger partial charge in [-0.1, -0.05) is 43.5 Å². The first-order valence-corrected chi connectivity index (χ1v) is 8.70. The molecule has 2 aliphatic rings. The van der Waals surface area contributed by atoms with Gasteiger partial charge in [-0.05, 0) is 24.8 Å². The predicted molar refractivity (Wildman–Crippen MR) is 91.5 cm³/mol. The van der Waals surface area contributed by atoms with Crippen molar-refractivity contribution in [3.8, 4) is 11.3 Å². The van der Waals surface area contributed by atoms with Crippen molar-refractivity contribution in [2.45, 2.75) is 49.7 Å². The standard InChI is InChI=1S/C18H20N2OS/c21-17-15-16(19-14(11-22)20-17)13-7-3-2-6-12(13)10-18(15)8-4-1-5-9-18/h2-3,6-7,22H,1,4-5,8-11H2,(H,19,20,21). The topological polar surface area (TPSA) is 45.8 Å². The van der Waals surface area contributed by atoms with Crippen LogP contribution in [0.25, 0.3) is 11.3 Å². The molecule has 0 amide bonds. The molecule has 0 aliphatic heterocycles. The fraction of sp³-hybridized carbons (Fsp3) is 0.444. The number of nitrogens with one attached hydrogen (secondary N) is 1. The molecule has 0 radical (unpaired) electrons. The second-order valence-corrected chi connectivity index (χ2v) is 6.89. The Hall–Kier alpha value is -1.55. The lowest BCUT2D eigenvalue weighted by atomic mass is 9.62. The molecule has 0 unspecified atom stereocenters. The summed E-state index contributed by atoms with van der Waals surface area (Å²) < 4.78 is 0. The van der Waals surface area contributed by atoms with Gasteiger partial charge >= 0.3 is 0 Å². The summed E-state index contributed by atoms with van der Waals surface area (Å²) in [5, 5.41) is 0. The third kappa shape index (κ3) is 2.04. The first kappa shape index (κ1) is 14.1. The number of aromatic nitrogens is 2. The predicted octanol–water partition coefficient (Wildman–Crippen LogP) is 3.62. The van der Waals surface area contributed by atoms with Crippen molar-refractivity contribution in [1.29, 1.82) is 0 Å². The van der Waals surface area contributed by atoms with E-state index in [1.54, 1.807) is 0 Å². The van der Waals surface area contributed by atoms with E-state index in [1.807, 2.05) is 6.07 Å². The molecule has 1 saturated carbocycles. The van der Waals surface area contributed by atoms with Crippen molar-refractivity contribution in [3.05, 3.63) is 51.6 Å². The van der Waals surface area contributed by atoms with Crippen LogP contribution in [0.4, 0.5) is 0 Å². The number of benzene rings is 1. The minimum Gasteiger partial charge on any atom is -0.310 e. The number of fused-ring (bicyclic) bond motifs is 4. The van der Waals surface area contributed by atoms with E-state index in [2.05, 4.69) is 35.8 Å². The zero-order valence-corrected chi connectivity index (χ0v) is 13.5. The maximum absolute atomic E-state index is 12.8. The fourth-order valence-electron chi connectivity index (χ4n) is 4.30. The Morgan fingerprint density at radius 2 is 1.95 bits per heavy atom. The van der Waals surface area contributed by atoms with Gasteiger partial charge in [0.2, 0.25) is 0 Å². The number of aromatic amines is 1. The van der Waals surface area contributed by atoms with Gasteiger partial charge in [-0.2, -0.15) is 12.6 Å². The highest BCUT2D eigenvalue weighted by Gasteiger charge is 2.42. The summed E-state index contributed by atoms with van der Waals surface area (Å²) >= 11 is 4.28. The van der Waals surface area contributed by atoms with Crippen LogP contribution in [0.3, 0.4) is 0 Å². The van der Waals surface area contributed by atoms with Crippen LogP contribution in [0.5, 0.6) is 0 Å². The van der Waals surface area contributed by atoms with E-state index in [0.717, 1.165) is 36.1 Å². The number of H-pyrrole nitrogens is 1. The summed E-state index contributed by atoms with van der Waals surface area (Å²) in [6.07, 6.45) is 6.85. The monoisotopic (exact) mass is 312 g/mol. The Balaban J connectivity index is 2.02. The van der Waals surface area contributed by atoms with Crippen molar-refractivity contribution in [1.82, 2.24) is 9.97 Å². The van der Waals surface area contributed by atoms with Crippen molar-refractivity contribution < 1.29 is 0 Å². The van der Waals surface area contributed by atoms with Crippen LogP contribution in [-0.4, -0.2) is 9.97 Å². The second-order valence-electron chi connectivity index (χ2n) is 6.57. The molecule has 1 fully saturated rings. The maximum atomic E-state index is 12.8. The van der Waals surface area contributed by atoms with Crippen molar-refractivity contribution >= 4 is 12.6 Å². The van der Waals surface area contributed by atoms with Crippen molar-refractivity contribution in [3.63, 3.8) is 0 Å². The molecule has 4 heteroatoms. The largest absolute Gasteiger partial charge is 0.310 e. The summed E-state index contributed by atoms with van der Waals surface area (Å²) in [7, 11) is 0. The highest BCUT2D eigenvalue weighted by atomic mass is 32.1. The van der Waals surface area contributed by atoms with Gasteiger partial charge < -0.3 is 4.98 Å². The van der Waals surface area contributed by atoms with Gasteiger partial charge in [-0.25, -0.2) is 4.98 Å². The Kier molecular flexibility index (Phi) is 3.37. The second kappa shape index (κ2) is 5.27. The van der Waals surface area contributed by atoms with Crippen molar-refractivity contribution in [2.75, 3.05) is 0 Å². The van der Waals surface area contributed by atoms with Crippen LogP contribution >= 0.6 is 12.6 Å². The lowest BCUT2D eigenvalue weighted by Crippen LogP contribution is -2.41. The van der Waals surface area contributed by atoms with Crippen LogP contribution in [0.1, 0.15) is 49.1 Å². The molecule has 1 aromatic carbocycles. The Morgan fingerprint density at radius 3 is 2.73 bits per heavy atom. The van der Waals surface area contributed by atoms with Gasteiger partial charge in [0.25, 0.3) is 5.56 Å². The molecular formula is C18H20N2OS. The van der Waals surface area contributed by atoms with Crippen LogP contribution in [0, 0.1) is 0 Å². The molecule has 1 heterocycles. The Labute approximate surface area is 135 Å². The number of nitrogens with zero attached hydrogens (tertiary/aromatic N) is 1. The molecular weight excluding hydrogens is 292 g/mol. The van der Waals surface area contributed by atoms with E-state index in [4.69, 9.17) is 4.98 Å². The van der Waals surface area contributed by atoms with E-state index in [9.17, 15) is 4.79 Å². The summed E-state index contributed by atoms with van der Waals surface area (Å²) in [6, 6.07) is 8.41. The highest BCUT2D eigenvalue weighted by molar-refractivity contribution is 7.79. The van der Waals surface area contributed by atoms with E-state index >= 15 is 0 Å². The van der Waals surface area contributed by atoms with Crippen molar-refractivity contribution in [2.24, 2.45) is 0 Å². The fourth-order valence-corrected chi connectivity index (χ4v) is 4.45. The zero-order valence-electron chi connectivity index (χ0n) is 12.6. The van der Waals surface area contributed by atoms with Gasteiger partial charge in [0, 0.05) is 16.7 Å². The van der Waals surface area contributed by atoms with E-state index in [-0.39, 0.29) is 11.0 Å². The molecule has 3 nitrogen and oxygen atoms in total. The van der Waals surface area contributed by atoms with Gasteiger partial charge in [-0.3, -0.25) is 4.79 Å². The average molecular weight is 312 g/mol. The zero-order chi connectivity index (χ0) is 15.2. The summed E-state index contributed by atoms with van der Waals surface area (Å²) in [4.78, 5) is 20.5. The molecule has 0 atom stereocenters. The molecule has 0 bridgehead atoms.